The number of nitrogens with zero attached hydrogens (tertiary/aromatic N) is 1. The molecular formula is C12H16N2O3S. The Kier molecular flexibility index (Phi) is 3.47. The summed E-state index contributed by atoms with van der Waals surface area (Å²) in [5.41, 5.74) is 1.43. The van der Waals surface area contributed by atoms with Crippen LogP contribution in [0.1, 0.15) is 27.2 Å². The molecule has 6 heteroatoms. The molecule has 2 aliphatic heterocycles. The van der Waals surface area contributed by atoms with Crippen LogP contribution >= 0.6 is 11.8 Å². The fourth-order valence-electron chi connectivity index (χ4n) is 2.24. The standard InChI is InChI=1S/C12H16N2O3S/c1-4-8(16)13-9-11(17)14-10(7(3)15)6(2)5-18-12(9)14/h9,12H,4-5H2,1-3H3,(H,13,16)/t9-,12?/m1/s1. The van der Waals surface area contributed by atoms with E-state index in [1.807, 2.05) is 6.92 Å². The number of rotatable bonds is 3. The van der Waals surface area contributed by atoms with Gasteiger partial charge in [-0.1, -0.05) is 6.92 Å². The average Bonchev–Trinajstić information content (AvgIpc) is 2.34. The number of carbonyl (C=O) groups is 3. The van der Waals surface area contributed by atoms with Gasteiger partial charge < -0.3 is 5.32 Å². The third-order valence-corrected chi connectivity index (χ3v) is 4.55. The third kappa shape index (κ3) is 1.94. The van der Waals surface area contributed by atoms with Gasteiger partial charge in [0.2, 0.25) is 5.91 Å². The van der Waals surface area contributed by atoms with Gasteiger partial charge in [-0.25, -0.2) is 0 Å². The Bertz CT molecular complexity index is 458. The summed E-state index contributed by atoms with van der Waals surface area (Å²) in [7, 11) is 0. The average molecular weight is 268 g/mol. The van der Waals surface area contributed by atoms with E-state index in [4.69, 9.17) is 0 Å². The summed E-state index contributed by atoms with van der Waals surface area (Å²) in [5, 5.41) is 2.58. The molecule has 2 atom stereocenters. The number of nitrogens with one attached hydrogen (secondary N) is 1. The largest absolute Gasteiger partial charge is 0.342 e. The number of thioether (sulfide) groups is 1. The molecule has 0 aromatic carbocycles. The van der Waals surface area contributed by atoms with Gasteiger partial charge in [-0.2, -0.15) is 0 Å². The fourth-order valence-corrected chi connectivity index (χ4v) is 3.53. The van der Waals surface area contributed by atoms with Crippen LogP contribution in [0, 0.1) is 0 Å². The fraction of sp³-hybridized carbons (Fsp3) is 0.583. The SMILES string of the molecule is CCC(=O)N[C@@H]1C(=O)N2C(C(C)=O)=C(C)CSC12. The minimum atomic E-state index is -0.482. The molecule has 2 amide bonds. The monoisotopic (exact) mass is 268 g/mol. The van der Waals surface area contributed by atoms with E-state index in [1.54, 1.807) is 18.7 Å². The third-order valence-electron chi connectivity index (χ3n) is 3.13. The number of hydrogen-bond acceptors (Lipinski definition) is 4. The number of Topliss-reactive ketones (excluding diaryl/α,β-unsaturated/α-hetero) is 1. The lowest BCUT2D eigenvalue weighted by atomic mass is 10.0. The van der Waals surface area contributed by atoms with E-state index in [9.17, 15) is 14.4 Å². The first-order chi connectivity index (χ1) is 8.47. The highest BCUT2D eigenvalue weighted by atomic mass is 32.2. The van der Waals surface area contributed by atoms with Gasteiger partial charge in [0, 0.05) is 19.1 Å². The first-order valence-electron chi connectivity index (χ1n) is 5.92. The zero-order chi connectivity index (χ0) is 13.4. The molecule has 2 aliphatic rings. The number of amides is 2. The Labute approximate surface area is 110 Å². The maximum absolute atomic E-state index is 12.0. The van der Waals surface area contributed by atoms with Crippen LogP contribution in [0.15, 0.2) is 11.3 Å². The van der Waals surface area contributed by atoms with E-state index in [0.29, 0.717) is 12.1 Å². The molecule has 2 heterocycles. The number of fused-ring (bicyclic) bond motifs is 1. The molecular weight excluding hydrogens is 252 g/mol. The summed E-state index contributed by atoms with van der Waals surface area (Å²) in [4.78, 5) is 36.5. The molecule has 2 rings (SSSR count). The number of hydrogen-bond donors (Lipinski definition) is 1. The van der Waals surface area contributed by atoms with Crippen molar-refractivity contribution in [2.75, 3.05) is 5.75 Å². The normalized spacial score (nSPS) is 26.6. The number of ketones is 1. The van der Waals surface area contributed by atoms with Crippen molar-refractivity contribution in [2.24, 2.45) is 0 Å². The highest BCUT2D eigenvalue weighted by Crippen LogP contribution is 2.40. The van der Waals surface area contributed by atoms with Gasteiger partial charge in [0.05, 0.1) is 5.70 Å². The van der Waals surface area contributed by atoms with E-state index in [0.717, 1.165) is 11.3 Å². The quantitative estimate of drug-likeness (QED) is 0.764. The lowest BCUT2D eigenvalue weighted by Gasteiger charge is -2.49. The molecule has 98 valence electrons. The van der Waals surface area contributed by atoms with Crippen LogP contribution in [-0.2, 0) is 14.4 Å². The molecule has 1 unspecified atom stereocenters. The highest BCUT2D eigenvalue weighted by Gasteiger charge is 2.52. The number of allylic oxidation sites excluding steroid dienone is 1. The van der Waals surface area contributed by atoms with E-state index >= 15 is 0 Å². The van der Waals surface area contributed by atoms with Gasteiger partial charge in [0.15, 0.2) is 5.78 Å². The molecule has 0 saturated carbocycles. The van der Waals surface area contributed by atoms with Crippen molar-refractivity contribution < 1.29 is 14.4 Å². The summed E-state index contributed by atoms with van der Waals surface area (Å²) in [6, 6.07) is -0.482. The Hall–Kier alpha value is -1.30. The maximum Gasteiger partial charge on any atom is 0.253 e. The maximum atomic E-state index is 12.0. The van der Waals surface area contributed by atoms with Gasteiger partial charge in [-0.3, -0.25) is 19.3 Å². The van der Waals surface area contributed by atoms with Crippen molar-refractivity contribution >= 4 is 29.4 Å². The van der Waals surface area contributed by atoms with Crippen molar-refractivity contribution in [1.29, 1.82) is 0 Å². The predicted octanol–water partition coefficient (Wildman–Crippen LogP) is 0.659. The summed E-state index contributed by atoms with van der Waals surface area (Å²) in [6.45, 7) is 5.08. The van der Waals surface area contributed by atoms with Crippen LogP contribution in [0.4, 0.5) is 0 Å². The van der Waals surface area contributed by atoms with E-state index in [2.05, 4.69) is 5.32 Å². The Balaban J connectivity index is 2.18. The topological polar surface area (TPSA) is 66.5 Å². The molecule has 5 nitrogen and oxygen atoms in total. The van der Waals surface area contributed by atoms with Crippen LogP contribution in [0.5, 0.6) is 0 Å². The number of β-lactam (4-membered cyclic amide) rings is 1. The molecule has 1 N–H and O–H groups in total. The summed E-state index contributed by atoms with van der Waals surface area (Å²) in [5.74, 6) is 0.316. The second kappa shape index (κ2) is 4.76. The van der Waals surface area contributed by atoms with E-state index in [1.165, 1.54) is 11.8 Å². The van der Waals surface area contributed by atoms with Crippen molar-refractivity contribution in [2.45, 2.75) is 38.6 Å². The molecule has 0 spiro atoms. The van der Waals surface area contributed by atoms with Gasteiger partial charge >= 0.3 is 0 Å². The van der Waals surface area contributed by atoms with Crippen LogP contribution < -0.4 is 5.32 Å². The molecule has 0 aliphatic carbocycles. The second-order valence-corrected chi connectivity index (χ2v) is 5.60. The Morgan fingerprint density at radius 3 is 2.72 bits per heavy atom. The van der Waals surface area contributed by atoms with E-state index in [-0.39, 0.29) is 23.0 Å². The van der Waals surface area contributed by atoms with Crippen molar-refractivity contribution in [3.63, 3.8) is 0 Å². The Morgan fingerprint density at radius 2 is 2.17 bits per heavy atom. The molecule has 0 bridgehead atoms. The summed E-state index contributed by atoms with van der Waals surface area (Å²) in [6.07, 6.45) is 0.357. The minimum absolute atomic E-state index is 0.0913. The lowest BCUT2D eigenvalue weighted by molar-refractivity contribution is -0.147. The molecule has 1 fully saturated rings. The van der Waals surface area contributed by atoms with Gasteiger partial charge in [0.1, 0.15) is 11.4 Å². The predicted molar refractivity (Wildman–Crippen MR) is 68.7 cm³/mol. The van der Waals surface area contributed by atoms with Gasteiger partial charge in [0.25, 0.3) is 5.91 Å². The zero-order valence-corrected chi connectivity index (χ0v) is 11.5. The van der Waals surface area contributed by atoms with Gasteiger partial charge in [-0.15, -0.1) is 11.8 Å². The van der Waals surface area contributed by atoms with Crippen LogP contribution in [0.25, 0.3) is 0 Å². The minimum Gasteiger partial charge on any atom is -0.342 e. The first-order valence-corrected chi connectivity index (χ1v) is 6.97. The molecule has 18 heavy (non-hydrogen) atoms. The van der Waals surface area contributed by atoms with Crippen LogP contribution in [0.3, 0.4) is 0 Å². The zero-order valence-electron chi connectivity index (χ0n) is 10.6. The van der Waals surface area contributed by atoms with Crippen molar-refractivity contribution in [3.8, 4) is 0 Å². The van der Waals surface area contributed by atoms with Crippen molar-refractivity contribution in [1.82, 2.24) is 10.2 Å². The summed E-state index contributed by atoms with van der Waals surface area (Å²) < 4.78 is 0. The molecule has 0 aromatic heterocycles. The first kappa shape index (κ1) is 13.1. The molecule has 0 aromatic rings. The van der Waals surface area contributed by atoms with Gasteiger partial charge in [-0.05, 0) is 12.5 Å². The van der Waals surface area contributed by atoms with E-state index < -0.39 is 6.04 Å². The second-order valence-electron chi connectivity index (χ2n) is 4.49. The smallest absolute Gasteiger partial charge is 0.253 e. The number of carbonyl (C=O) groups excluding carboxylic acids is 3. The molecule has 1 saturated heterocycles. The Morgan fingerprint density at radius 1 is 1.50 bits per heavy atom. The highest BCUT2D eigenvalue weighted by molar-refractivity contribution is 8.00. The summed E-state index contributed by atoms with van der Waals surface area (Å²) >= 11 is 1.59. The lowest BCUT2D eigenvalue weighted by Crippen LogP contribution is -2.70. The van der Waals surface area contributed by atoms with Crippen LogP contribution in [0.2, 0.25) is 0 Å². The van der Waals surface area contributed by atoms with Crippen LogP contribution in [-0.4, -0.2) is 39.7 Å². The molecule has 0 radical (unpaired) electrons. The van der Waals surface area contributed by atoms with Crippen molar-refractivity contribution in [3.05, 3.63) is 11.3 Å².